The second-order valence-corrected chi connectivity index (χ2v) is 5.40. The average Bonchev–Trinajstić information content (AvgIpc) is 2.62. The van der Waals surface area contributed by atoms with Gasteiger partial charge in [-0.25, -0.2) is 0 Å². The van der Waals surface area contributed by atoms with E-state index in [-0.39, 0.29) is 18.4 Å². The minimum atomic E-state index is -0.703. The number of amides is 2. The molecule has 0 spiro atoms. The summed E-state index contributed by atoms with van der Waals surface area (Å²) in [6.45, 7) is 0.164. The van der Waals surface area contributed by atoms with Crippen molar-refractivity contribution in [1.82, 2.24) is 5.32 Å². The van der Waals surface area contributed by atoms with Gasteiger partial charge in [0.1, 0.15) is 6.61 Å². The lowest BCUT2D eigenvalue weighted by Crippen LogP contribution is -2.40. The summed E-state index contributed by atoms with van der Waals surface area (Å²) in [5.41, 5.74) is 1.52. The number of fused-ring (bicyclic) bond motifs is 1. The minimum Gasteiger partial charge on any atom is -0.485 e. The fraction of sp³-hybridized carbons (Fsp3) is 0.222. The van der Waals surface area contributed by atoms with E-state index in [1.807, 2.05) is 12.1 Å². The van der Waals surface area contributed by atoms with E-state index in [4.69, 9.17) is 9.47 Å². The van der Waals surface area contributed by atoms with Crippen LogP contribution in [-0.4, -0.2) is 31.6 Å². The van der Waals surface area contributed by atoms with Gasteiger partial charge in [-0.15, -0.1) is 0 Å². The fourth-order valence-corrected chi connectivity index (χ4v) is 2.35. The van der Waals surface area contributed by atoms with Crippen molar-refractivity contribution in [3.05, 3.63) is 54.1 Å². The Kier molecular flexibility index (Phi) is 4.65. The van der Waals surface area contributed by atoms with Gasteiger partial charge in [-0.1, -0.05) is 24.3 Å². The lowest BCUT2D eigenvalue weighted by molar-refractivity contribution is -0.125. The molecular formula is C18H18N2O4. The largest absolute Gasteiger partial charge is 0.485 e. The number of hydrogen-bond acceptors (Lipinski definition) is 4. The van der Waals surface area contributed by atoms with Crippen LogP contribution in [0, 0.1) is 0 Å². The smallest absolute Gasteiger partial charge is 0.269 e. The molecule has 124 valence electrons. The molecule has 0 fully saturated rings. The molecule has 3 rings (SSSR count). The molecule has 1 aliphatic rings. The number of nitrogens with one attached hydrogen (secondary N) is 2. The molecule has 1 aliphatic heterocycles. The first-order valence-corrected chi connectivity index (χ1v) is 7.64. The van der Waals surface area contributed by atoms with Gasteiger partial charge in [0.2, 0.25) is 12.0 Å². The maximum absolute atomic E-state index is 12.3. The number of carbonyl (C=O) groups excluding carboxylic acids is 2. The van der Waals surface area contributed by atoms with Gasteiger partial charge >= 0.3 is 0 Å². The average molecular weight is 326 g/mol. The topological polar surface area (TPSA) is 76.7 Å². The first-order chi connectivity index (χ1) is 11.7. The number of hydrogen-bond donors (Lipinski definition) is 2. The Morgan fingerprint density at radius 2 is 1.79 bits per heavy atom. The Morgan fingerprint density at radius 3 is 2.50 bits per heavy atom. The van der Waals surface area contributed by atoms with Gasteiger partial charge in [0.25, 0.3) is 5.91 Å². The predicted molar refractivity (Wildman–Crippen MR) is 89.2 cm³/mol. The monoisotopic (exact) mass is 326 g/mol. The molecule has 24 heavy (non-hydrogen) atoms. The van der Waals surface area contributed by atoms with Crippen LogP contribution in [0.5, 0.6) is 11.5 Å². The van der Waals surface area contributed by atoms with Crippen LogP contribution in [0.4, 0.5) is 5.69 Å². The number of benzene rings is 2. The summed E-state index contributed by atoms with van der Waals surface area (Å²) in [5.74, 6) is 0.867. The van der Waals surface area contributed by atoms with Crippen LogP contribution >= 0.6 is 0 Å². The normalized spacial score (nSPS) is 15.5. The minimum absolute atomic E-state index is 0.0572. The van der Waals surface area contributed by atoms with Gasteiger partial charge in [0, 0.05) is 12.7 Å². The molecule has 6 nitrogen and oxygen atoms in total. The predicted octanol–water partition coefficient (Wildman–Crippen LogP) is 1.75. The van der Waals surface area contributed by atoms with Crippen molar-refractivity contribution in [2.45, 2.75) is 12.5 Å². The highest BCUT2D eigenvalue weighted by Gasteiger charge is 2.27. The number of anilines is 1. The quantitative estimate of drug-likeness (QED) is 0.897. The van der Waals surface area contributed by atoms with Crippen molar-refractivity contribution in [3.63, 3.8) is 0 Å². The first kappa shape index (κ1) is 15.9. The maximum atomic E-state index is 12.3. The Morgan fingerprint density at radius 1 is 1.08 bits per heavy atom. The summed E-state index contributed by atoms with van der Waals surface area (Å²) < 4.78 is 11.2. The second kappa shape index (κ2) is 7.04. The molecule has 0 radical (unpaired) electrons. The van der Waals surface area contributed by atoms with Gasteiger partial charge in [-0.3, -0.25) is 9.59 Å². The van der Waals surface area contributed by atoms with Crippen molar-refractivity contribution in [3.8, 4) is 11.5 Å². The van der Waals surface area contributed by atoms with E-state index in [2.05, 4.69) is 10.6 Å². The van der Waals surface area contributed by atoms with Gasteiger partial charge in [-0.05, 0) is 29.8 Å². The standard InChI is InChI=1S/C18H18N2O4/c1-19-17(21)10-12-6-8-13(9-7-12)20-18(22)16-11-23-14-4-2-3-5-15(14)24-16/h2-9,16H,10-11H2,1H3,(H,19,21)(H,20,22). The number of rotatable bonds is 4. The number of ether oxygens (including phenoxy) is 2. The van der Waals surface area contributed by atoms with E-state index >= 15 is 0 Å². The Labute approximate surface area is 139 Å². The molecule has 2 N–H and O–H groups in total. The number of carbonyl (C=O) groups is 2. The summed E-state index contributed by atoms with van der Waals surface area (Å²) in [6, 6.07) is 14.4. The van der Waals surface area contributed by atoms with Crippen LogP contribution in [0.1, 0.15) is 5.56 Å². The van der Waals surface area contributed by atoms with Crippen molar-refractivity contribution in [1.29, 1.82) is 0 Å². The molecule has 2 aromatic rings. The molecule has 1 heterocycles. The third kappa shape index (κ3) is 3.65. The third-order valence-corrected chi connectivity index (χ3v) is 3.67. The second-order valence-electron chi connectivity index (χ2n) is 5.40. The van der Waals surface area contributed by atoms with Gasteiger partial charge in [-0.2, -0.15) is 0 Å². The van der Waals surface area contributed by atoms with E-state index in [9.17, 15) is 9.59 Å². The first-order valence-electron chi connectivity index (χ1n) is 7.64. The van der Waals surface area contributed by atoms with E-state index in [0.717, 1.165) is 5.56 Å². The Balaban J connectivity index is 1.60. The molecule has 0 saturated carbocycles. The maximum Gasteiger partial charge on any atom is 0.269 e. The lowest BCUT2D eigenvalue weighted by Gasteiger charge is -2.25. The molecule has 2 aromatic carbocycles. The molecule has 0 bridgehead atoms. The zero-order valence-electron chi connectivity index (χ0n) is 13.2. The molecule has 2 amide bonds. The van der Waals surface area contributed by atoms with E-state index < -0.39 is 6.10 Å². The fourth-order valence-electron chi connectivity index (χ4n) is 2.35. The summed E-state index contributed by atoms with van der Waals surface area (Å²) in [6.07, 6.45) is -0.397. The SMILES string of the molecule is CNC(=O)Cc1ccc(NC(=O)C2COc3ccccc3O2)cc1. The molecule has 0 aliphatic carbocycles. The zero-order chi connectivity index (χ0) is 16.9. The van der Waals surface area contributed by atoms with E-state index in [0.29, 0.717) is 23.6 Å². The van der Waals surface area contributed by atoms with E-state index in [1.165, 1.54) is 0 Å². The van der Waals surface area contributed by atoms with Gasteiger partial charge in [0.15, 0.2) is 11.5 Å². The summed E-state index contributed by atoms with van der Waals surface area (Å²) >= 11 is 0. The van der Waals surface area contributed by atoms with E-state index in [1.54, 1.807) is 43.4 Å². The van der Waals surface area contributed by atoms with Crippen LogP contribution in [0.15, 0.2) is 48.5 Å². The van der Waals surface area contributed by atoms with Crippen LogP contribution in [0.2, 0.25) is 0 Å². The van der Waals surface area contributed by atoms with Gasteiger partial charge < -0.3 is 20.1 Å². The highest BCUT2D eigenvalue weighted by Crippen LogP contribution is 2.31. The highest BCUT2D eigenvalue weighted by molar-refractivity contribution is 5.94. The van der Waals surface area contributed by atoms with Crippen LogP contribution in [0.25, 0.3) is 0 Å². The van der Waals surface area contributed by atoms with Crippen LogP contribution in [-0.2, 0) is 16.0 Å². The van der Waals surface area contributed by atoms with Crippen molar-refractivity contribution >= 4 is 17.5 Å². The van der Waals surface area contributed by atoms with Crippen LogP contribution < -0.4 is 20.1 Å². The summed E-state index contributed by atoms with van der Waals surface area (Å²) in [5, 5.41) is 5.36. The molecule has 1 atom stereocenters. The molecule has 0 aromatic heterocycles. The highest BCUT2D eigenvalue weighted by atomic mass is 16.6. The van der Waals surface area contributed by atoms with Crippen molar-refractivity contribution in [2.24, 2.45) is 0 Å². The number of para-hydroxylation sites is 2. The summed E-state index contributed by atoms with van der Waals surface area (Å²) in [4.78, 5) is 23.6. The lowest BCUT2D eigenvalue weighted by atomic mass is 10.1. The number of likely N-dealkylation sites (N-methyl/N-ethyl adjacent to an activating group) is 1. The molecule has 6 heteroatoms. The Bertz CT molecular complexity index is 743. The van der Waals surface area contributed by atoms with Crippen molar-refractivity contribution < 1.29 is 19.1 Å². The molecular weight excluding hydrogens is 308 g/mol. The van der Waals surface area contributed by atoms with Gasteiger partial charge in [0.05, 0.1) is 6.42 Å². The molecule has 0 saturated heterocycles. The molecule has 1 unspecified atom stereocenters. The van der Waals surface area contributed by atoms with Crippen LogP contribution in [0.3, 0.4) is 0 Å². The zero-order valence-corrected chi connectivity index (χ0v) is 13.2. The third-order valence-electron chi connectivity index (χ3n) is 3.67. The van der Waals surface area contributed by atoms with Crippen molar-refractivity contribution in [2.75, 3.05) is 19.0 Å². The Hall–Kier alpha value is -3.02. The summed E-state index contributed by atoms with van der Waals surface area (Å²) in [7, 11) is 1.60.